The molecule has 0 bridgehead atoms. The Morgan fingerprint density at radius 3 is 2.25 bits per heavy atom. The maximum atomic E-state index is 7.21. The first-order valence-electron chi connectivity index (χ1n) is 0.647. The highest BCUT2D eigenvalue weighted by molar-refractivity contribution is 4.11. The molecule has 4 nitrogen and oxygen atoms in total. The smallest absolute Gasteiger partial charge is 0.227 e. The van der Waals surface area contributed by atoms with Crippen molar-refractivity contribution in [2.45, 2.75) is 0 Å². The molecule has 0 spiro atoms. The van der Waals surface area contributed by atoms with E-state index in [1.54, 1.807) is 0 Å². The van der Waals surface area contributed by atoms with Crippen LogP contribution in [0.4, 0.5) is 0 Å². The zero-order valence-electron chi connectivity index (χ0n) is 1.84. The van der Waals surface area contributed by atoms with Gasteiger partial charge in [0, 0.05) is 0 Å². The van der Waals surface area contributed by atoms with E-state index >= 15 is 0 Å². The quantitative estimate of drug-likeness (QED) is 0.299. The van der Waals surface area contributed by atoms with Crippen LogP contribution in [-0.4, -0.2) is 5.21 Å². The highest BCUT2D eigenvalue weighted by Gasteiger charge is 1.61. The summed E-state index contributed by atoms with van der Waals surface area (Å²) in [5, 5.41) is 16.4. The molecular formula is H2N3O+. The van der Waals surface area contributed by atoms with Gasteiger partial charge in [0.2, 0.25) is 0 Å². The first kappa shape index (κ1) is 3.18. The van der Waals surface area contributed by atoms with Crippen LogP contribution in [0.25, 0.3) is 5.08 Å². The van der Waals surface area contributed by atoms with E-state index in [2.05, 4.69) is 0 Å². The van der Waals surface area contributed by atoms with Crippen molar-refractivity contribution in [3.63, 3.8) is 0 Å². The molecule has 0 rings (SSSR count). The number of rotatable bonds is 0. The second kappa shape index (κ2) is 2.18. The van der Waals surface area contributed by atoms with Crippen molar-refractivity contribution in [3.8, 4) is 0 Å². The van der Waals surface area contributed by atoms with Crippen LogP contribution in [-0.2, 0) is 0 Å². The van der Waals surface area contributed by atoms with Crippen molar-refractivity contribution in [1.82, 2.24) is 5.59 Å². The van der Waals surface area contributed by atoms with Gasteiger partial charge in [-0.3, -0.25) is 0 Å². The summed E-state index contributed by atoms with van der Waals surface area (Å²) < 4.78 is 0. The van der Waals surface area contributed by atoms with Crippen LogP contribution in [0.3, 0.4) is 0 Å². The maximum absolute atomic E-state index is 7.21. The lowest BCUT2D eigenvalue weighted by molar-refractivity contribution is 0.208. The SMILES string of the molecule is N#[N+]NO. The molecule has 0 aromatic rings. The molecule has 4 heavy (non-hydrogen) atoms. The van der Waals surface area contributed by atoms with E-state index < -0.39 is 0 Å². The Bertz CT molecular complexity index is 33.0. The van der Waals surface area contributed by atoms with Crippen LogP contribution in [0, 0.1) is 5.39 Å². The first-order valence-corrected chi connectivity index (χ1v) is 0.647. The van der Waals surface area contributed by atoms with Crippen molar-refractivity contribution in [3.05, 3.63) is 5.08 Å². The molecule has 0 amide bonds. The maximum Gasteiger partial charge on any atom is 0.331 e. The van der Waals surface area contributed by atoms with E-state index in [4.69, 9.17) is 10.6 Å². The van der Waals surface area contributed by atoms with Crippen molar-refractivity contribution < 1.29 is 5.21 Å². The highest BCUT2D eigenvalue weighted by Crippen LogP contribution is 1.29. The molecule has 0 aliphatic heterocycles. The summed E-state index contributed by atoms with van der Waals surface area (Å²) in [6.45, 7) is 0. The molecule has 0 aliphatic carbocycles. The van der Waals surface area contributed by atoms with Crippen LogP contribution in [0.15, 0.2) is 0 Å². The first-order chi connectivity index (χ1) is 1.91. The van der Waals surface area contributed by atoms with Gasteiger partial charge in [0.05, 0.1) is 5.59 Å². The van der Waals surface area contributed by atoms with E-state index in [-0.39, 0.29) is 0 Å². The summed E-state index contributed by atoms with van der Waals surface area (Å²) in [5.74, 6) is 0. The molecule has 0 atom stereocenters. The molecule has 0 saturated heterocycles. The van der Waals surface area contributed by atoms with Gasteiger partial charge in [-0.2, -0.15) is 0 Å². The Morgan fingerprint density at radius 1 is 2.00 bits per heavy atom. The molecular weight excluding hydrogens is 58.0 g/mol. The van der Waals surface area contributed by atoms with E-state index in [1.165, 1.54) is 0 Å². The molecule has 22 valence electrons. The van der Waals surface area contributed by atoms with Gasteiger partial charge in [0.25, 0.3) is 5.39 Å². The van der Waals surface area contributed by atoms with Crippen LogP contribution < -0.4 is 5.59 Å². The third-order valence-corrected chi connectivity index (χ3v) is 0.0447. The van der Waals surface area contributed by atoms with Gasteiger partial charge in [-0.05, 0) is 0 Å². The van der Waals surface area contributed by atoms with E-state index in [1.807, 2.05) is 5.08 Å². The lowest BCUT2D eigenvalue weighted by Gasteiger charge is -1.41. The normalized spacial score (nSPS) is 4.00. The van der Waals surface area contributed by atoms with Gasteiger partial charge in [0.1, 0.15) is 0 Å². The zero-order chi connectivity index (χ0) is 3.41. The standard InChI is InChI=1S/H2N3O/c1-2-3-4/h3-4H/q+1. The fourth-order valence-corrected chi connectivity index (χ4v) is 0. The van der Waals surface area contributed by atoms with Crippen LogP contribution in [0.2, 0.25) is 0 Å². The summed E-state index contributed by atoms with van der Waals surface area (Å²) in [4.78, 5) is 0. The lowest BCUT2D eigenvalue weighted by Crippen LogP contribution is -1.86. The minimum atomic E-state index is 1.11. The van der Waals surface area contributed by atoms with E-state index in [9.17, 15) is 0 Å². The van der Waals surface area contributed by atoms with E-state index in [0.29, 0.717) is 0 Å². The fraction of sp³-hybridized carbons (Fsp3) is 0. The molecule has 0 aromatic heterocycles. The third-order valence-electron chi connectivity index (χ3n) is 0.0447. The number of hydrogen-bond donors (Lipinski definition) is 2. The Labute approximate surface area is 22.6 Å². The average molecular weight is 60.0 g/mol. The van der Waals surface area contributed by atoms with Crippen LogP contribution in [0.5, 0.6) is 0 Å². The largest absolute Gasteiger partial charge is 0.331 e. The Kier molecular flexibility index (Phi) is 1.73. The number of nitrogens with zero attached hydrogens (tertiary/aromatic N) is 2. The predicted molar refractivity (Wildman–Crippen MR) is 10.0 cm³/mol. The zero-order valence-corrected chi connectivity index (χ0v) is 1.84. The van der Waals surface area contributed by atoms with Crippen molar-refractivity contribution >= 4 is 0 Å². The average Bonchev–Trinajstić information content (AvgIpc) is 1.37. The second-order valence-corrected chi connectivity index (χ2v) is 0.200. The van der Waals surface area contributed by atoms with Gasteiger partial charge >= 0.3 is 5.08 Å². The summed E-state index contributed by atoms with van der Waals surface area (Å²) in [6, 6.07) is 0. The number of nitrogens with one attached hydrogen (secondary N) is 1. The Hall–Kier alpha value is -0.820. The Morgan fingerprint density at radius 2 is 2.25 bits per heavy atom. The van der Waals surface area contributed by atoms with Crippen LogP contribution >= 0.6 is 0 Å². The molecule has 4 heteroatoms. The molecule has 2 N–H and O–H groups in total. The van der Waals surface area contributed by atoms with Gasteiger partial charge in [-0.15, -0.1) is 0 Å². The van der Waals surface area contributed by atoms with Crippen LogP contribution in [0.1, 0.15) is 0 Å². The third kappa shape index (κ3) is 1.18. The Balaban J connectivity index is 2.43. The lowest BCUT2D eigenvalue weighted by atomic mass is 12.7. The fourth-order valence-electron chi connectivity index (χ4n) is 0. The van der Waals surface area contributed by atoms with Crippen molar-refractivity contribution in [2.75, 3.05) is 0 Å². The summed E-state index contributed by atoms with van der Waals surface area (Å²) in [6.07, 6.45) is 0. The molecule has 0 radical (unpaired) electrons. The van der Waals surface area contributed by atoms with Gasteiger partial charge in [-0.1, -0.05) is 0 Å². The second-order valence-electron chi connectivity index (χ2n) is 0.200. The molecule has 0 unspecified atom stereocenters. The van der Waals surface area contributed by atoms with Crippen molar-refractivity contribution in [2.24, 2.45) is 0 Å². The monoisotopic (exact) mass is 60.0 g/mol. The van der Waals surface area contributed by atoms with Gasteiger partial charge < -0.3 is 0 Å². The minimum Gasteiger partial charge on any atom is -0.227 e. The molecule has 0 aromatic carbocycles. The van der Waals surface area contributed by atoms with Gasteiger partial charge in [-0.25, -0.2) is 5.21 Å². The molecule has 0 aliphatic rings. The molecule has 0 fully saturated rings. The van der Waals surface area contributed by atoms with Crippen molar-refractivity contribution in [1.29, 1.82) is 5.39 Å². The predicted octanol–water partition coefficient (Wildman–Crippen LogP) is -0.267. The summed E-state index contributed by atoms with van der Waals surface area (Å²) in [7, 11) is 0. The molecule has 0 heterocycles. The molecule has 0 saturated carbocycles. The summed E-state index contributed by atoms with van der Waals surface area (Å²) in [5.41, 5.74) is 1.11. The van der Waals surface area contributed by atoms with E-state index in [0.717, 1.165) is 5.59 Å². The number of diazo groups is 1. The number of hydrogen-bond acceptors (Lipinski definition) is 3. The minimum absolute atomic E-state index is 1.11. The topological polar surface area (TPSA) is 60.4 Å². The van der Waals surface area contributed by atoms with Gasteiger partial charge in [0.15, 0.2) is 0 Å². The summed E-state index contributed by atoms with van der Waals surface area (Å²) >= 11 is 0. The highest BCUT2D eigenvalue weighted by atomic mass is 16.5.